The predicted octanol–water partition coefficient (Wildman–Crippen LogP) is 4.91. The van der Waals surface area contributed by atoms with E-state index in [9.17, 15) is 0 Å². The third kappa shape index (κ3) is 5.05. The largest absolute Gasteiger partial charge is 0.497 e. The zero-order chi connectivity index (χ0) is 17.8. The summed E-state index contributed by atoms with van der Waals surface area (Å²) in [6.07, 6.45) is 1.74. The van der Waals surface area contributed by atoms with Crippen molar-refractivity contribution in [3.63, 3.8) is 0 Å². The third-order valence-corrected chi connectivity index (χ3v) is 9.66. The van der Waals surface area contributed by atoms with Crippen LogP contribution in [0.25, 0.3) is 0 Å². The molecule has 0 spiro atoms. The lowest BCUT2D eigenvalue weighted by Crippen LogP contribution is -2.41. The molecule has 0 saturated carbocycles. The van der Waals surface area contributed by atoms with Crippen molar-refractivity contribution in [3.8, 4) is 5.75 Å². The highest BCUT2D eigenvalue weighted by Crippen LogP contribution is 2.37. The highest BCUT2D eigenvalue weighted by molar-refractivity contribution is 6.74. The lowest BCUT2D eigenvalue weighted by atomic mass is 10.1. The van der Waals surface area contributed by atoms with Crippen LogP contribution in [0.2, 0.25) is 18.1 Å². The van der Waals surface area contributed by atoms with E-state index < -0.39 is 8.32 Å². The quantitative estimate of drug-likeness (QED) is 0.682. The first-order valence-electron chi connectivity index (χ1n) is 8.78. The fraction of sp³-hybridized carbons (Fsp3) is 0.684. The topological polar surface area (TPSA) is 36.9 Å². The minimum absolute atomic E-state index is 0.190. The summed E-state index contributed by atoms with van der Waals surface area (Å²) in [5, 5.41) is 0.245. The molecule has 0 bridgehead atoms. The normalized spacial score (nSPS) is 22.4. The van der Waals surface area contributed by atoms with Crippen LogP contribution in [-0.4, -0.2) is 34.7 Å². The van der Waals surface area contributed by atoms with Gasteiger partial charge in [-0.1, -0.05) is 32.9 Å². The molecule has 2 unspecified atom stereocenters. The Morgan fingerprint density at radius 2 is 1.83 bits per heavy atom. The second-order valence-electron chi connectivity index (χ2n) is 7.92. The van der Waals surface area contributed by atoms with Gasteiger partial charge in [0.25, 0.3) is 0 Å². The van der Waals surface area contributed by atoms with Crippen molar-refractivity contribution in [2.24, 2.45) is 0 Å². The van der Waals surface area contributed by atoms with Crippen LogP contribution < -0.4 is 4.74 Å². The Kier molecular flexibility index (Phi) is 6.48. The van der Waals surface area contributed by atoms with Gasteiger partial charge in [0.15, 0.2) is 14.6 Å². The van der Waals surface area contributed by atoms with Crippen molar-refractivity contribution in [1.82, 2.24) is 0 Å². The fourth-order valence-electron chi connectivity index (χ4n) is 2.40. The average molecular weight is 353 g/mol. The molecule has 0 aromatic heterocycles. The molecule has 1 saturated heterocycles. The molecule has 1 aromatic carbocycles. The van der Waals surface area contributed by atoms with Crippen molar-refractivity contribution >= 4 is 8.32 Å². The van der Waals surface area contributed by atoms with E-state index in [1.54, 1.807) is 7.11 Å². The zero-order valence-corrected chi connectivity index (χ0v) is 16.9. The average Bonchev–Trinajstić information content (AvgIpc) is 2.54. The molecule has 1 aliphatic heterocycles. The van der Waals surface area contributed by atoms with Crippen LogP contribution in [0.1, 0.15) is 45.5 Å². The first-order valence-corrected chi connectivity index (χ1v) is 11.7. The third-order valence-electron chi connectivity index (χ3n) is 5.12. The predicted molar refractivity (Wildman–Crippen MR) is 98.9 cm³/mol. The van der Waals surface area contributed by atoms with Crippen LogP contribution in [-0.2, 0) is 13.9 Å². The molecule has 1 fully saturated rings. The van der Waals surface area contributed by atoms with Gasteiger partial charge in [-0.2, -0.15) is 0 Å². The molecule has 1 aromatic rings. The first kappa shape index (κ1) is 19.4. The lowest BCUT2D eigenvalue weighted by Gasteiger charge is -2.37. The molecule has 2 rings (SSSR count). The Hall–Kier alpha value is -0.883. The minimum atomic E-state index is -1.68. The monoisotopic (exact) mass is 352 g/mol. The maximum absolute atomic E-state index is 6.27. The van der Waals surface area contributed by atoms with E-state index >= 15 is 0 Å². The summed E-state index contributed by atoms with van der Waals surface area (Å²) in [4.78, 5) is 0. The van der Waals surface area contributed by atoms with Crippen molar-refractivity contribution in [1.29, 1.82) is 0 Å². The zero-order valence-electron chi connectivity index (χ0n) is 15.9. The van der Waals surface area contributed by atoms with Crippen molar-refractivity contribution < 1.29 is 18.6 Å². The second kappa shape index (κ2) is 8.00. The summed E-state index contributed by atoms with van der Waals surface area (Å²) in [6, 6.07) is 7.87. The van der Waals surface area contributed by atoms with E-state index in [0.717, 1.165) is 37.4 Å². The van der Waals surface area contributed by atoms with Gasteiger partial charge < -0.3 is 18.6 Å². The van der Waals surface area contributed by atoms with Gasteiger partial charge in [-0.3, -0.25) is 0 Å². The Balaban J connectivity index is 1.84. The fourth-order valence-corrected chi connectivity index (χ4v) is 3.46. The molecule has 0 aliphatic carbocycles. The van der Waals surface area contributed by atoms with Gasteiger partial charge in [0, 0.05) is 12.2 Å². The number of hydrogen-bond acceptors (Lipinski definition) is 4. The van der Waals surface area contributed by atoms with Crippen LogP contribution in [0.3, 0.4) is 0 Å². The molecule has 136 valence electrons. The summed E-state index contributed by atoms with van der Waals surface area (Å²) in [7, 11) is -0.0139. The Bertz CT molecular complexity index is 507. The molecule has 4 nitrogen and oxygen atoms in total. The van der Waals surface area contributed by atoms with Gasteiger partial charge in [-0.25, -0.2) is 0 Å². The van der Waals surface area contributed by atoms with E-state index in [-0.39, 0.29) is 17.4 Å². The highest BCUT2D eigenvalue weighted by Gasteiger charge is 2.37. The molecule has 1 heterocycles. The second-order valence-corrected chi connectivity index (χ2v) is 12.7. The molecule has 24 heavy (non-hydrogen) atoms. The Labute approximate surface area is 147 Å². The smallest absolute Gasteiger partial charge is 0.191 e. The summed E-state index contributed by atoms with van der Waals surface area (Å²) >= 11 is 0. The number of benzene rings is 1. The summed E-state index contributed by atoms with van der Waals surface area (Å²) < 4.78 is 23.4. The van der Waals surface area contributed by atoms with Gasteiger partial charge in [-0.05, 0) is 43.1 Å². The van der Waals surface area contributed by atoms with Crippen LogP contribution in [0.4, 0.5) is 0 Å². The Morgan fingerprint density at radius 1 is 1.17 bits per heavy atom. The number of methoxy groups -OCH3 is 1. The van der Waals surface area contributed by atoms with E-state index in [1.807, 2.05) is 24.3 Å². The highest BCUT2D eigenvalue weighted by atomic mass is 28.4. The van der Waals surface area contributed by atoms with Gasteiger partial charge in [0.2, 0.25) is 0 Å². The number of rotatable bonds is 6. The van der Waals surface area contributed by atoms with Crippen molar-refractivity contribution in [2.45, 2.75) is 64.1 Å². The summed E-state index contributed by atoms with van der Waals surface area (Å²) in [5.74, 6) is 0.842. The van der Waals surface area contributed by atoms with Gasteiger partial charge in [-0.15, -0.1) is 0 Å². The van der Waals surface area contributed by atoms with Crippen molar-refractivity contribution in [2.75, 3.05) is 20.3 Å². The number of ether oxygens (including phenoxy) is 3. The summed E-state index contributed by atoms with van der Waals surface area (Å²) in [5.41, 5.74) is 1.03. The van der Waals surface area contributed by atoms with E-state index in [4.69, 9.17) is 18.6 Å². The molecule has 5 heteroatoms. The van der Waals surface area contributed by atoms with Crippen LogP contribution in [0, 0.1) is 0 Å². The maximum Gasteiger partial charge on any atom is 0.191 e. The number of hydrogen-bond donors (Lipinski definition) is 0. The standard InChI is InChI=1S/C19H32O4Si/c1-19(2,3)24(5,6)22-14-12-17-11-13-21-18(23-17)15-7-9-16(20-4)10-8-15/h7-10,17-18H,11-14H2,1-6H3. The molecular weight excluding hydrogens is 320 g/mol. The minimum Gasteiger partial charge on any atom is -0.497 e. The van der Waals surface area contributed by atoms with Gasteiger partial charge >= 0.3 is 0 Å². The molecule has 2 atom stereocenters. The van der Waals surface area contributed by atoms with Crippen LogP contribution in [0.15, 0.2) is 24.3 Å². The lowest BCUT2D eigenvalue weighted by molar-refractivity contribution is -0.219. The van der Waals surface area contributed by atoms with Gasteiger partial charge in [0.1, 0.15) is 5.75 Å². The van der Waals surface area contributed by atoms with E-state index in [0.29, 0.717) is 0 Å². The van der Waals surface area contributed by atoms with Crippen LogP contribution in [0.5, 0.6) is 5.75 Å². The summed E-state index contributed by atoms with van der Waals surface area (Å²) in [6.45, 7) is 12.9. The molecule has 0 radical (unpaired) electrons. The van der Waals surface area contributed by atoms with Gasteiger partial charge in [0.05, 0.1) is 19.8 Å². The molecule has 0 amide bonds. The molecule has 1 aliphatic rings. The molecule has 0 N–H and O–H groups in total. The van der Waals surface area contributed by atoms with E-state index in [2.05, 4.69) is 33.9 Å². The van der Waals surface area contributed by atoms with Crippen LogP contribution >= 0.6 is 0 Å². The SMILES string of the molecule is COc1ccc(C2OCCC(CCO[Si](C)(C)C(C)(C)C)O2)cc1. The first-order chi connectivity index (χ1) is 11.2. The maximum atomic E-state index is 6.27. The molecular formula is C19H32O4Si. The van der Waals surface area contributed by atoms with E-state index in [1.165, 1.54) is 0 Å². The Morgan fingerprint density at radius 3 is 2.42 bits per heavy atom. The van der Waals surface area contributed by atoms with Crippen molar-refractivity contribution in [3.05, 3.63) is 29.8 Å².